The van der Waals surface area contributed by atoms with Gasteiger partial charge in [0.25, 0.3) is 5.91 Å². The van der Waals surface area contributed by atoms with Gasteiger partial charge < -0.3 is 20.9 Å². The number of unbranched alkanes of at least 4 members (excludes halogenated alkanes) is 4. The predicted octanol–water partition coefficient (Wildman–Crippen LogP) is 6.83. The summed E-state index contributed by atoms with van der Waals surface area (Å²) in [7, 11) is 3.89. The molecule has 3 N–H and O–H groups in total. The standard InChI is InChI=1S/C35H47N5O2/c1-4-5-6-7-14-23-36-35(42)38-32-26-30(39(2)3)19-20-31(32)34(41)37-29-21-24-40(25-22-29)33(27-15-10-8-11-16-27)28-17-12-9-13-18-28/h8-13,15-20,26,29,33H,4-7,14,21-25H2,1-3H3,(H,37,41)(H2,36,38,42). The lowest BCUT2D eigenvalue weighted by atomic mass is 9.94. The summed E-state index contributed by atoms with van der Waals surface area (Å²) < 4.78 is 0. The van der Waals surface area contributed by atoms with E-state index in [0.29, 0.717) is 17.8 Å². The molecular formula is C35H47N5O2. The molecule has 1 heterocycles. The maximum atomic E-state index is 13.5. The SMILES string of the molecule is CCCCCCCNC(=O)Nc1cc(N(C)C)ccc1C(=O)NC1CCN(C(c2ccccc2)c2ccccc2)CC1. The fraction of sp³-hybridized carbons (Fsp3) is 0.429. The van der Waals surface area contributed by atoms with Gasteiger partial charge in [-0.05, 0) is 48.6 Å². The molecule has 1 aliphatic heterocycles. The molecule has 224 valence electrons. The van der Waals surface area contributed by atoms with Crippen LogP contribution < -0.4 is 20.9 Å². The van der Waals surface area contributed by atoms with E-state index in [1.165, 1.54) is 30.4 Å². The van der Waals surface area contributed by atoms with Crippen LogP contribution in [-0.4, -0.2) is 56.6 Å². The molecule has 3 aromatic carbocycles. The van der Waals surface area contributed by atoms with Crippen LogP contribution in [0.4, 0.5) is 16.2 Å². The van der Waals surface area contributed by atoms with E-state index in [2.05, 4.69) is 88.4 Å². The minimum absolute atomic E-state index is 0.0688. The van der Waals surface area contributed by atoms with Crippen LogP contribution >= 0.6 is 0 Å². The molecule has 7 heteroatoms. The van der Waals surface area contributed by atoms with E-state index in [1.54, 1.807) is 6.07 Å². The summed E-state index contributed by atoms with van der Waals surface area (Å²) >= 11 is 0. The van der Waals surface area contributed by atoms with Crippen molar-refractivity contribution in [2.45, 2.75) is 64.0 Å². The summed E-state index contributed by atoms with van der Waals surface area (Å²) in [4.78, 5) is 30.7. The van der Waals surface area contributed by atoms with Crippen molar-refractivity contribution in [3.63, 3.8) is 0 Å². The van der Waals surface area contributed by atoms with Crippen molar-refractivity contribution in [2.75, 3.05) is 43.9 Å². The Labute approximate surface area is 251 Å². The van der Waals surface area contributed by atoms with Gasteiger partial charge in [-0.25, -0.2) is 4.79 Å². The summed E-state index contributed by atoms with van der Waals surface area (Å²) in [5.41, 5.74) is 4.48. The van der Waals surface area contributed by atoms with Gasteiger partial charge in [-0.1, -0.05) is 93.3 Å². The lowest BCUT2D eigenvalue weighted by molar-refractivity contribution is 0.0901. The van der Waals surface area contributed by atoms with Gasteiger partial charge >= 0.3 is 6.03 Å². The highest BCUT2D eigenvalue weighted by Crippen LogP contribution is 2.31. The molecule has 0 atom stereocenters. The highest BCUT2D eigenvalue weighted by molar-refractivity contribution is 6.04. The number of urea groups is 1. The van der Waals surface area contributed by atoms with Gasteiger partial charge in [-0.15, -0.1) is 0 Å². The number of benzene rings is 3. The number of nitrogens with zero attached hydrogens (tertiary/aromatic N) is 2. The van der Waals surface area contributed by atoms with E-state index in [-0.39, 0.29) is 24.0 Å². The van der Waals surface area contributed by atoms with Crippen LogP contribution in [0.3, 0.4) is 0 Å². The molecule has 0 bridgehead atoms. The van der Waals surface area contributed by atoms with Crippen LogP contribution in [0.15, 0.2) is 78.9 Å². The smallest absolute Gasteiger partial charge is 0.319 e. The molecular weight excluding hydrogens is 522 g/mol. The first kappa shape index (κ1) is 31.1. The van der Waals surface area contributed by atoms with Crippen molar-refractivity contribution in [3.05, 3.63) is 95.6 Å². The molecule has 1 saturated heterocycles. The van der Waals surface area contributed by atoms with E-state index in [4.69, 9.17) is 0 Å². The molecule has 1 aliphatic rings. The molecule has 3 aromatic rings. The Bertz CT molecular complexity index is 1220. The average molecular weight is 570 g/mol. The molecule has 0 aromatic heterocycles. The number of nitrogens with one attached hydrogen (secondary N) is 3. The number of amides is 3. The molecule has 0 spiro atoms. The lowest BCUT2D eigenvalue weighted by Gasteiger charge is -2.38. The number of hydrogen-bond donors (Lipinski definition) is 3. The molecule has 4 rings (SSSR count). The van der Waals surface area contributed by atoms with Gasteiger partial charge in [-0.2, -0.15) is 0 Å². The Hall–Kier alpha value is -3.84. The van der Waals surface area contributed by atoms with E-state index in [1.807, 2.05) is 31.1 Å². The third-order valence-corrected chi connectivity index (χ3v) is 8.04. The van der Waals surface area contributed by atoms with Crippen LogP contribution in [-0.2, 0) is 0 Å². The average Bonchev–Trinajstić information content (AvgIpc) is 3.01. The number of hydrogen-bond acceptors (Lipinski definition) is 4. The summed E-state index contributed by atoms with van der Waals surface area (Å²) in [6.45, 7) is 4.57. The van der Waals surface area contributed by atoms with Crippen molar-refractivity contribution < 1.29 is 9.59 Å². The van der Waals surface area contributed by atoms with Gasteiger partial charge in [0.1, 0.15) is 0 Å². The monoisotopic (exact) mass is 569 g/mol. The van der Waals surface area contributed by atoms with Crippen molar-refractivity contribution >= 4 is 23.3 Å². The molecule has 7 nitrogen and oxygen atoms in total. The lowest BCUT2D eigenvalue weighted by Crippen LogP contribution is -2.46. The quantitative estimate of drug-likeness (QED) is 0.197. The van der Waals surface area contributed by atoms with Gasteiger partial charge in [-0.3, -0.25) is 9.69 Å². The second-order valence-corrected chi connectivity index (χ2v) is 11.4. The Morgan fingerprint density at radius 2 is 1.48 bits per heavy atom. The fourth-order valence-electron chi connectivity index (χ4n) is 5.66. The number of rotatable bonds is 13. The number of piperidine rings is 1. The van der Waals surface area contributed by atoms with Crippen molar-refractivity contribution in [3.8, 4) is 0 Å². The normalized spacial score (nSPS) is 14.0. The second kappa shape index (κ2) is 16.0. The van der Waals surface area contributed by atoms with Crippen molar-refractivity contribution in [1.82, 2.24) is 15.5 Å². The first-order valence-corrected chi connectivity index (χ1v) is 15.5. The molecule has 3 amide bonds. The van der Waals surface area contributed by atoms with Crippen LogP contribution in [0.2, 0.25) is 0 Å². The van der Waals surface area contributed by atoms with Crippen molar-refractivity contribution in [2.24, 2.45) is 0 Å². The van der Waals surface area contributed by atoms with Crippen LogP contribution in [0.25, 0.3) is 0 Å². The van der Waals surface area contributed by atoms with Gasteiger partial charge in [0.15, 0.2) is 0 Å². The zero-order valence-electron chi connectivity index (χ0n) is 25.4. The van der Waals surface area contributed by atoms with Crippen LogP contribution in [0.5, 0.6) is 0 Å². The highest BCUT2D eigenvalue weighted by atomic mass is 16.2. The third kappa shape index (κ3) is 8.83. The van der Waals surface area contributed by atoms with Gasteiger partial charge in [0.05, 0.1) is 17.3 Å². The Kier molecular flexibility index (Phi) is 11.8. The topological polar surface area (TPSA) is 76.7 Å². The first-order valence-electron chi connectivity index (χ1n) is 15.5. The predicted molar refractivity (Wildman–Crippen MR) is 173 cm³/mol. The Balaban J connectivity index is 1.38. The van der Waals surface area contributed by atoms with E-state index in [9.17, 15) is 9.59 Å². The van der Waals surface area contributed by atoms with E-state index >= 15 is 0 Å². The largest absolute Gasteiger partial charge is 0.378 e. The number of likely N-dealkylation sites (tertiary alicyclic amines) is 1. The summed E-state index contributed by atoms with van der Waals surface area (Å²) in [6.07, 6.45) is 7.38. The van der Waals surface area contributed by atoms with E-state index in [0.717, 1.165) is 44.5 Å². The highest BCUT2D eigenvalue weighted by Gasteiger charge is 2.28. The molecule has 0 unspecified atom stereocenters. The number of carbonyl (C=O) groups excluding carboxylic acids is 2. The van der Waals surface area contributed by atoms with Crippen LogP contribution in [0.1, 0.15) is 79.4 Å². The molecule has 0 aliphatic carbocycles. The summed E-state index contributed by atoms with van der Waals surface area (Å²) in [5.74, 6) is -0.156. The molecule has 0 saturated carbocycles. The van der Waals surface area contributed by atoms with E-state index < -0.39 is 0 Å². The minimum atomic E-state index is -0.281. The second-order valence-electron chi connectivity index (χ2n) is 11.4. The number of carbonyl (C=O) groups is 2. The zero-order valence-corrected chi connectivity index (χ0v) is 25.4. The summed E-state index contributed by atoms with van der Waals surface area (Å²) in [6, 6.07) is 26.8. The maximum Gasteiger partial charge on any atom is 0.319 e. The summed E-state index contributed by atoms with van der Waals surface area (Å²) in [5, 5.41) is 9.14. The Morgan fingerprint density at radius 3 is 2.07 bits per heavy atom. The van der Waals surface area contributed by atoms with Gasteiger partial charge in [0.2, 0.25) is 0 Å². The Morgan fingerprint density at radius 1 is 0.857 bits per heavy atom. The first-order chi connectivity index (χ1) is 20.5. The van der Waals surface area contributed by atoms with Crippen molar-refractivity contribution in [1.29, 1.82) is 0 Å². The maximum absolute atomic E-state index is 13.5. The van der Waals surface area contributed by atoms with Crippen LogP contribution in [0, 0.1) is 0 Å². The van der Waals surface area contributed by atoms with Gasteiger partial charge in [0, 0.05) is 45.5 Å². The fourth-order valence-corrected chi connectivity index (χ4v) is 5.66. The third-order valence-electron chi connectivity index (χ3n) is 8.04. The minimum Gasteiger partial charge on any atom is -0.378 e. The zero-order chi connectivity index (χ0) is 29.7. The molecule has 1 fully saturated rings. The molecule has 0 radical (unpaired) electrons. The molecule has 42 heavy (non-hydrogen) atoms. The number of anilines is 2.